The van der Waals surface area contributed by atoms with Crippen molar-refractivity contribution in [1.29, 1.82) is 0 Å². The molecule has 0 bridgehead atoms. The third-order valence-electron chi connectivity index (χ3n) is 3.70. The summed E-state index contributed by atoms with van der Waals surface area (Å²) in [6.07, 6.45) is 1.52. The molecule has 2 aromatic carbocycles. The summed E-state index contributed by atoms with van der Waals surface area (Å²) < 4.78 is 14.9. The van der Waals surface area contributed by atoms with Crippen LogP contribution in [0.15, 0.2) is 59.5 Å². The van der Waals surface area contributed by atoms with Crippen molar-refractivity contribution in [2.24, 2.45) is 0 Å². The minimum atomic E-state index is -0.401. The van der Waals surface area contributed by atoms with Crippen molar-refractivity contribution in [3.8, 4) is 16.9 Å². The van der Waals surface area contributed by atoms with E-state index in [0.29, 0.717) is 27.4 Å². The van der Waals surface area contributed by atoms with Crippen LogP contribution in [0.25, 0.3) is 27.8 Å². The van der Waals surface area contributed by atoms with Gasteiger partial charge in [0.2, 0.25) is 0 Å². The van der Waals surface area contributed by atoms with Crippen LogP contribution in [-0.4, -0.2) is 20.0 Å². The lowest BCUT2D eigenvalue weighted by molar-refractivity contribution is 0.628. The zero-order chi connectivity index (χ0) is 16.7. The second-order valence-electron chi connectivity index (χ2n) is 5.18. The number of para-hydroxylation sites is 1. The highest BCUT2D eigenvalue weighted by Gasteiger charge is 2.18. The smallest absolute Gasteiger partial charge is 0.265 e. The molecule has 0 atom stereocenters. The number of hydrogen-bond acceptors (Lipinski definition) is 3. The number of halogens is 2. The summed E-state index contributed by atoms with van der Waals surface area (Å²) in [5, 5.41) is 11.7. The first kappa shape index (κ1) is 14.6. The molecule has 0 fully saturated rings. The van der Waals surface area contributed by atoms with E-state index in [1.54, 1.807) is 35.0 Å². The van der Waals surface area contributed by atoms with E-state index in [9.17, 15) is 9.18 Å². The van der Waals surface area contributed by atoms with Crippen LogP contribution < -0.4 is 5.56 Å². The fraction of sp³-hybridized carbons (Fsp3) is 0. The van der Waals surface area contributed by atoms with Gasteiger partial charge in [-0.15, -0.1) is 0 Å². The number of benzene rings is 2. The van der Waals surface area contributed by atoms with Gasteiger partial charge in [0.15, 0.2) is 5.52 Å². The molecule has 0 aliphatic carbocycles. The van der Waals surface area contributed by atoms with Gasteiger partial charge in [0.1, 0.15) is 5.82 Å². The van der Waals surface area contributed by atoms with Gasteiger partial charge in [-0.25, -0.2) is 14.2 Å². The standard InChI is InChI=1S/C17H10ClFN4O/c18-13-3-1-2-4-14(13)23-16(10-5-7-11(19)8-6-10)12-9-20-21-17(24)15(12)22-23/h1-9H,(H,21,24). The van der Waals surface area contributed by atoms with Crippen LogP contribution in [0.4, 0.5) is 4.39 Å². The predicted octanol–water partition coefficient (Wildman–Crippen LogP) is 3.57. The summed E-state index contributed by atoms with van der Waals surface area (Å²) in [5.74, 6) is -0.345. The van der Waals surface area contributed by atoms with Gasteiger partial charge in [-0.05, 0) is 36.4 Å². The molecule has 4 rings (SSSR count). The number of H-pyrrole nitrogens is 1. The van der Waals surface area contributed by atoms with E-state index in [1.165, 1.54) is 18.3 Å². The first-order chi connectivity index (χ1) is 11.6. The summed E-state index contributed by atoms with van der Waals surface area (Å²) >= 11 is 6.29. The van der Waals surface area contributed by atoms with E-state index in [2.05, 4.69) is 15.3 Å². The van der Waals surface area contributed by atoms with Crippen molar-refractivity contribution >= 4 is 22.5 Å². The molecule has 2 heterocycles. The Morgan fingerprint density at radius 3 is 2.58 bits per heavy atom. The second kappa shape index (κ2) is 5.58. The molecule has 118 valence electrons. The number of fused-ring (bicyclic) bond motifs is 1. The van der Waals surface area contributed by atoms with Crippen LogP contribution in [0.1, 0.15) is 0 Å². The van der Waals surface area contributed by atoms with E-state index < -0.39 is 5.56 Å². The first-order valence-electron chi connectivity index (χ1n) is 7.12. The Kier molecular flexibility index (Phi) is 3.39. The summed E-state index contributed by atoms with van der Waals surface area (Å²) in [6.45, 7) is 0. The predicted molar refractivity (Wildman–Crippen MR) is 89.9 cm³/mol. The summed E-state index contributed by atoms with van der Waals surface area (Å²) in [7, 11) is 0. The Morgan fingerprint density at radius 1 is 1.08 bits per heavy atom. The molecule has 5 nitrogen and oxygen atoms in total. The maximum atomic E-state index is 13.3. The molecule has 0 saturated heterocycles. The molecule has 0 radical (unpaired) electrons. The van der Waals surface area contributed by atoms with E-state index in [-0.39, 0.29) is 11.3 Å². The van der Waals surface area contributed by atoms with Crippen molar-refractivity contribution in [1.82, 2.24) is 20.0 Å². The number of nitrogens with one attached hydrogen (secondary N) is 1. The van der Waals surface area contributed by atoms with Crippen LogP contribution in [0.5, 0.6) is 0 Å². The number of aromatic amines is 1. The van der Waals surface area contributed by atoms with Crippen molar-refractivity contribution < 1.29 is 4.39 Å². The highest BCUT2D eigenvalue weighted by atomic mass is 35.5. The van der Waals surface area contributed by atoms with E-state index in [0.717, 1.165) is 0 Å². The minimum Gasteiger partial charge on any atom is -0.265 e. The molecule has 0 aliphatic rings. The number of hydrogen-bond donors (Lipinski definition) is 1. The highest BCUT2D eigenvalue weighted by Crippen LogP contribution is 2.31. The number of nitrogens with zero attached hydrogens (tertiary/aromatic N) is 3. The zero-order valence-corrected chi connectivity index (χ0v) is 13.0. The van der Waals surface area contributed by atoms with Gasteiger partial charge in [0, 0.05) is 5.56 Å². The largest absolute Gasteiger partial charge is 0.292 e. The zero-order valence-electron chi connectivity index (χ0n) is 12.2. The molecule has 0 amide bonds. The molecule has 2 aromatic heterocycles. The van der Waals surface area contributed by atoms with Gasteiger partial charge in [-0.1, -0.05) is 23.7 Å². The molecule has 1 N–H and O–H groups in total. The van der Waals surface area contributed by atoms with Crippen molar-refractivity contribution in [2.45, 2.75) is 0 Å². The average molecular weight is 341 g/mol. The maximum absolute atomic E-state index is 13.3. The molecule has 0 aliphatic heterocycles. The Hall–Kier alpha value is -2.99. The second-order valence-corrected chi connectivity index (χ2v) is 5.59. The molecular weight excluding hydrogens is 331 g/mol. The average Bonchev–Trinajstić information content (AvgIpc) is 2.97. The van der Waals surface area contributed by atoms with Crippen molar-refractivity contribution in [3.05, 3.63) is 75.9 Å². The van der Waals surface area contributed by atoms with Gasteiger partial charge in [0.05, 0.1) is 28.0 Å². The van der Waals surface area contributed by atoms with Crippen LogP contribution in [0.2, 0.25) is 5.02 Å². The lowest BCUT2D eigenvalue weighted by atomic mass is 10.1. The SMILES string of the molecule is O=c1[nH]ncc2c(-c3ccc(F)cc3)n(-c3ccccc3Cl)nc12. The van der Waals surface area contributed by atoms with Crippen molar-refractivity contribution in [3.63, 3.8) is 0 Å². The molecule has 4 aromatic rings. The monoisotopic (exact) mass is 340 g/mol. The molecule has 0 unspecified atom stereocenters. The van der Waals surface area contributed by atoms with Gasteiger partial charge in [-0.3, -0.25) is 4.79 Å². The fourth-order valence-corrected chi connectivity index (χ4v) is 2.83. The molecule has 24 heavy (non-hydrogen) atoms. The van der Waals surface area contributed by atoms with Crippen LogP contribution in [0, 0.1) is 5.82 Å². The van der Waals surface area contributed by atoms with Gasteiger partial charge >= 0.3 is 0 Å². The molecular formula is C17H10ClFN4O. The van der Waals surface area contributed by atoms with E-state index >= 15 is 0 Å². The molecule has 7 heteroatoms. The third kappa shape index (κ3) is 2.28. The fourth-order valence-electron chi connectivity index (χ4n) is 2.61. The van der Waals surface area contributed by atoms with Crippen LogP contribution in [0.3, 0.4) is 0 Å². The Bertz CT molecular complexity index is 1100. The summed E-state index contributed by atoms with van der Waals surface area (Å²) in [4.78, 5) is 12.1. The van der Waals surface area contributed by atoms with Crippen molar-refractivity contribution in [2.75, 3.05) is 0 Å². The molecule has 0 spiro atoms. The lowest BCUT2D eigenvalue weighted by Gasteiger charge is -2.09. The maximum Gasteiger partial charge on any atom is 0.292 e. The normalized spacial score (nSPS) is 11.1. The van der Waals surface area contributed by atoms with Gasteiger partial charge in [0.25, 0.3) is 5.56 Å². The molecule has 0 saturated carbocycles. The summed E-state index contributed by atoms with van der Waals surface area (Å²) in [5.41, 5.74) is 1.78. The Morgan fingerprint density at radius 2 is 1.83 bits per heavy atom. The third-order valence-corrected chi connectivity index (χ3v) is 4.01. The lowest BCUT2D eigenvalue weighted by Crippen LogP contribution is -2.07. The first-order valence-corrected chi connectivity index (χ1v) is 7.50. The van der Waals surface area contributed by atoms with Crippen LogP contribution >= 0.6 is 11.6 Å². The van der Waals surface area contributed by atoms with Crippen LogP contribution in [-0.2, 0) is 0 Å². The van der Waals surface area contributed by atoms with E-state index in [1.807, 2.05) is 6.07 Å². The topological polar surface area (TPSA) is 63.6 Å². The minimum absolute atomic E-state index is 0.240. The highest BCUT2D eigenvalue weighted by molar-refractivity contribution is 6.32. The number of aromatic nitrogens is 4. The summed E-state index contributed by atoms with van der Waals surface area (Å²) in [6, 6.07) is 13.1. The Balaban J connectivity index is 2.12. The Labute approximate surface area is 140 Å². The quantitative estimate of drug-likeness (QED) is 0.606. The van der Waals surface area contributed by atoms with Gasteiger partial charge < -0.3 is 0 Å². The van der Waals surface area contributed by atoms with Gasteiger partial charge in [-0.2, -0.15) is 10.2 Å². The number of rotatable bonds is 2. The van der Waals surface area contributed by atoms with E-state index in [4.69, 9.17) is 11.6 Å².